The van der Waals surface area contributed by atoms with Gasteiger partial charge in [0.1, 0.15) is 11.7 Å². The lowest BCUT2D eigenvalue weighted by Crippen LogP contribution is -2.54. The molecule has 2 saturated heterocycles. The highest BCUT2D eigenvalue weighted by Gasteiger charge is 2.45. The summed E-state index contributed by atoms with van der Waals surface area (Å²) in [5.41, 5.74) is -0.233. The van der Waals surface area contributed by atoms with Crippen molar-refractivity contribution in [2.24, 2.45) is 0 Å². The molecule has 4 amide bonds. The summed E-state index contributed by atoms with van der Waals surface area (Å²) in [4.78, 5) is 50.4. The van der Waals surface area contributed by atoms with Gasteiger partial charge in [0.2, 0.25) is 11.8 Å². The second-order valence-electron chi connectivity index (χ2n) is 8.14. The van der Waals surface area contributed by atoms with Gasteiger partial charge >= 0.3 is 0 Å². The van der Waals surface area contributed by atoms with E-state index >= 15 is 4.39 Å². The van der Waals surface area contributed by atoms with Gasteiger partial charge in [0.05, 0.1) is 11.1 Å². The van der Waals surface area contributed by atoms with Gasteiger partial charge in [0.15, 0.2) is 0 Å². The van der Waals surface area contributed by atoms with Crippen LogP contribution in [0.1, 0.15) is 58.4 Å². The van der Waals surface area contributed by atoms with Gasteiger partial charge in [-0.1, -0.05) is 12.1 Å². The van der Waals surface area contributed by atoms with Crippen LogP contribution in [-0.2, 0) is 16.1 Å². The van der Waals surface area contributed by atoms with Gasteiger partial charge in [-0.15, -0.1) is 0 Å². The summed E-state index contributed by atoms with van der Waals surface area (Å²) in [7, 11) is 0. The summed E-state index contributed by atoms with van der Waals surface area (Å²) in [5.74, 6) is -2.13. The standard InChI is InChI=1S/C21H25FN4O4/c22-21(7-2-9-23-10-8-21)12-24-11-13-3-1-4-14-17(13)20(30)26(19(14)29)15-5-6-16(27)25-18(15)28/h1,3-4,15,23-24H,2,5-12H2,(H,25,27,28). The maximum Gasteiger partial charge on any atom is 0.262 e. The van der Waals surface area contributed by atoms with Crippen LogP contribution < -0.4 is 16.0 Å². The van der Waals surface area contributed by atoms with E-state index in [4.69, 9.17) is 0 Å². The lowest BCUT2D eigenvalue weighted by molar-refractivity contribution is -0.136. The van der Waals surface area contributed by atoms with Crippen molar-refractivity contribution in [3.05, 3.63) is 34.9 Å². The summed E-state index contributed by atoms with van der Waals surface area (Å²) in [6.07, 6.45) is 1.86. The molecule has 3 aliphatic heterocycles. The Balaban J connectivity index is 1.49. The molecular weight excluding hydrogens is 391 g/mol. The van der Waals surface area contributed by atoms with Crippen LogP contribution in [-0.4, -0.2) is 59.9 Å². The molecule has 0 radical (unpaired) electrons. The summed E-state index contributed by atoms with van der Waals surface area (Å²) < 4.78 is 15.0. The lowest BCUT2D eigenvalue weighted by atomic mass is 9.96. The van der Waals surface area contributed by atoms with E-state index in [0.29, 0.717) is 24.9 Å². The number of fused-ring (bicyclic) bond motifs is 1. The third kappa shape index (κ3) is 3.87. The van der Waals surface area contributed by atoms with Crippen LogP contribution in [0.5, 0.6) is 0 Å². The van der Waals surface area contributed by atoms with Gasteiger partial charge in [0, 0.05) is 19.5 Å². The maximum atomic E-state index is 15.0. The average Bonchev–Trinajstić information content (AvgIpc) is 2.84. The molecule has 0 aliphatic carbocycles. The van der Waals surface area contributed by atoms with Gasteiger partial charge in [0.25, 0.3) is 11.8 Å². The molecule has 3 aliphatic rings. The Kier molecular flexibility index (Phi) is 5.66. The fourth-order valence-corrected chi connectivity index (χ4v) is 4.42. The fraction of sp³-hybridized carbons (Fsp3) is 0.524. The molecule has 160 valence electrons. The number of alkyl halides is 1. The molecule has 1 aromatic rings. The lowest BCUT2D eigenvalue weighted by Gasteiger charge is -2.28. The zero-order chi connectivity index (χ0) is 21.3. The molecule has 30 heavy (non-hydrogen) atoms. The van der Waals surface area contributed by atoms with Crippen LogP contribution in [0.2, 0.25) is 0 Å². The molecule has 0 spiro atoms. The van der Waals surface area contributed by atoms with E-state index in [-0.39, 0.29) is 37.1 Å². The first-order chi connectivity index (χ1) is 14.4. The first-order valence-electron chi connectivity index (χ1n) is 10.3. The molecule has 8 nitrogen and oxygen atoms in total. The van der Waals surface area contributed by atoms with Gasteiger partial charge in [-0.05, 0) is 50.4 Å². The quantitative estimate of drug-likeness (QED) is 0.609. The van der Waals surface area contributed by atoms with Crippen LogP contribution in [0, 0.1) is 0 Å². The zero-order valence-corrected chi connectivity index (χ0v) is 16.6. The smallest absolute Gasteiger partial charge is 0.262 e. The van der Waals surface area contributed by atoms with Crippen LogP contribution in [0.3, 0.4) is 0 Å². The third-order valence-electron chi connectivity index (χ3n) is 6.04. The molecule has 2 unspecified atom stereocenters. The SMILES string of the molecule is O=C1CCC(N2C(=O)c3cccc(CNCC4(F)CCCNCC4)c3C2=O)C(=O)N1. The Morgan fingerprint density at radius 2 is 1.97 bits per heavy atom. The van der Waals surface area contributed by atoms with Crippen LogP contribution >= 0.6 is 0 Å². The molecular formula is C21H25FN4O4. The van der Waals surface area contributed by atoms with Crippen LogP contribution in [0.15, 0.2) is 18.2 Å². The highest BCUT2D eigenvalue weighted by atomic mass is 19.1. The Labute approximate surface area is 173 Å². The number of carbonyl (C=O) groups is 4. The van der Waals surface area contributed by atoms with Crippen LogP contribution in [0.25, 0.3) is 0 Å². The third-order valence-corrected chi connectivity index (χ3v) is 6.04. The Bertz CT molecular complexity index is 895. The van der Waals surface area contributed by atoms with E-state index in [1.807, 2.05) is 0 Å². The molecule has 3 N–H and O–H groups in total. The molecule has 2 fully saturated rings. The largest absolute Gasteiger partial charge is 0.317 e. The second kappa shape index (κ2) is 8.23. The minimum atomic E-state index is -1.31. The van der Waals surface area contributed by atoms with Crippen molar-refractivity contribution in [2.75, 3.05) is 19.6 Å². The summed E-state index contributed by atoms with van der Waals surface area (Å²) in [6.45, 7) is 1.85. The first-order valence-corrected chi connectivity index (χ1v) is 10.3. The topological polar surface area (TPSA) is 108 Å². The number of hydrogen-bond donors (Lipinski definition) is 3. The number of carbonyl (C=O) groups excluding carboxylic acids is 4. The molecule has 2 atom stereocenters. The second-order valence-corrected chi connectivity index (χ2v) is 8.14. The molecule has 0 aromatic heterocycles. The van der Waals surface area contributed by atoms with Crippen molar-refractivity contribution in [3.63, 3.8) is 0 Å². The molecule has 4 rings (SSSR count). The number of piperidine rings is 1. The highest BCUT2D eigenvalue weighted by molar-refractivity contribution is 6.24. The van der Waals surface area contributed by atoms with E-state index in [9.17, 15) is 19.2 Å². The zero-order valence-electron chi connectivity index (χ0n) is 16.6. The van der Waals surface area contributed by atoms with E-state index < -0.39 is 35.3 Å². The van der Waals surface area contributed by atoms with Gasteiger partial charge in [-0.2, -0.15) is 0 Å². The predicted molar refractivity (Wildman–Crippen MR) is 105 cm³/mol. The van der Waals surface area contributed by atoms with Gasteiger partial charge in [-0.25, -0.2) is 4.39 Å². The molecule has 9 heteroatoms. The number of hydrogen-bond acceptors (Lipinski definition) is 6. The minimum Gasteiger partial charge on any atom is -0.317 e. The summed E-state index contributed by atoms with van der Waals surface area (Å²) in [6, 6.07) is 3.96. The van der Waals surface area contributed by atoms with Crippen molar-refractivity contribution in [1.82, 2.24) is 20.9 Å². The number of nitrogens with one attached hydrogen (secondary N) is 3. The summed E-state index contributed by atoms with van der Waals surface area (Å²) >= 11 is 0. The molecule has 1 aromatic carbocycles. The minimum absolute atomic E-state index is 0.0751. The van der Waals surface area contributed by atoms with Gasteiger partial charge in [-0.3, -0.25) is 29.4 Å². The number of benzene rings is 1. The van der Waals surface area contributed by atoms with Crippen molar-refractivity contribution >= 4 is 23.6 Å². The first kappa shape index (κ1) is 20.6. The normalized spacial score (nSPS) is 27.1. The number of amides is 4. The monoisotopic (exact) mass is 416 g/mol. The Morgan fingerprint density at radius 3 is 2.77 bits per heavy atom. The van der Waals surface area contributed by atoms with Crippen LogP contribution in [0.4, 0.5) is 4.39 Å². The summed E-state index contributed by atoms with van der Waals surface area (Å²) in [5, 5.41) is 8.48. The molecule has 3 heterocycles. The number of halogens is 1. The van der Waals surface area contributed by atoms with E-state index in [1.54, 1.807) is 18.2 Å². The van der Waals surface area contributed by atoms with Crippen molar-refractivity contribution in [3.8, 4) is 0 Å². The van der Waals surface area contributed by atoms with E-state index in [2.05, 4.69) is 16.0 Å². The van der Waals surface area contributed by atoms with Crippen molar-refractivity contribution in [1.29, 1.82) is 0 Å². The Morgan fingerprint density at radius 1 is 1.13 bits per heavy atom. The van der Waals surface area contributed by atoms with Crippen molar-refractivity contribution in [2.45, 2.75) is 50.4 Å². The Hall–Kier alpha value is -2.65. The molecule has 0 bridgehead atoms. The number of rotatable bonds is 5. The number of imide groups is 2. The average molecular weight is 416 g/mol. The number of nitrogens with zero attached hydrogens (tertiary/aromatic N) is 1. The molecule has 0 saturated carbocycles. The predicted octanol–water partition coefficient (Wildman–Crippen LogP) is 0.659. The van der Waals surface area contributed by atoms with E-state index in [0.717, 1.165) is 17.9 Å². The fourth-order valence-electron chi connectivity index (χ4n) is 4.42. The van der Waals surface area contributed by atoms with E-state index in [1.165, 1.54) is 0 Å². The highest BCUT2D eigenvalue weighted by Crippen LogP contribution is 2.30. The maximum absolute atomic E-state index is 15.0. The van der Waals surface area contributed by atoms with Crippen molar-refractivity contribution < 1.29 is 23.6 Å². The van der Waals surface area contributed by atoms with Gasteiger partial charge < -0.3 is 10.6 Å².